The maximum absolute atomic E-state index is 5.70. The number of nitrogens with two attached hydrogens (primary N) is 1. The monoisotopic (exact) mass is 227 g/mol. The predicted octanol–water partition coefficient (Wildman–Crippen LogP) is 3.05. The topological polar surface area (TPSA) is 42.2 Å². The van der Waals surface area contributed by atoms with Crippen molar-refractivity contribution in [1.82, 2.24) is 4.98 Å². The van der Waals surface area contributed by atoms with Crippen LogP contribution in [0.2, 0.25) is 0 Å². The van der Waals surface area contributed by atoms with Crippen molar-refractivity contribution >= 4 is 17.2 Å². The van der Waals surface area contributed by atoms with Crippen LogP contribution in [-0.2, 0) is 0 Å². The number of benzene rings is 1. The van der Waals surface area contributed by atoms with Crippen molar-refractivity contribution in [3.63, 3.8) is 0 Å². The van der Waals surface area contributed by atoms with Crippen molar-refractivity contribution in [2.45, 2.75) is 13.8 Å². The highest BCUT2D eigenvalue weighted by Crippen LogP contribution is 2.27. The van der Waals surface area contributed by atoms with Crippen molar-refractivity contribution in [3.8, 4) is 0 Å². The van der Waals surface area contributed by atoms with Gasteiger partial charge in [-0.15, -0.1) is 0 Å². The Hall–Kier alpha value is -2.03. The van der Waals surface area contributed by atoms with Gasteiger partial charge >= 0.3 is 0 Å². The van der Waals surface area contributed by atoms with Crippen LogP contribution in [0.3, 0.4) is 0 Å². The normalized spacial score (nSPS) is 10.3. The minimum absolute atomic E-state index is 0.541. The minimum atomic E-state index is 0.541. The second kappa shape index (κ2) is 4.45. The molecule has 2 rings (SSSR count). The lowest BCUT2D eigenvalue weighted by Crippen LogP contribution is -2.11. The molecule has 2 aromatic rings. The van der Waals surface area contributed by atoms with Crippen molar-refractivity contribution in [3.05, 3.63) is 47.7 Å². The molecule has 88 valence electrons. The first-order valence-corrected chi connectivity index (χ1v) is 5.60. The van der Waals surface area contributed by atoms with Crippen molar-refractivity contribution in [1.29, 1.82) is 0 Å². The van der Waals surface area contributed by atoms with E-state index < -0.39 is 0 Å². The SMILES string of the molecule is Cc1ccc(N(C)c2ccnc(N)c2)c(C)c1. The number of nitrogens with zero attached hydrogens (tertiary/aromatic N) is 2. The standard InChI is InChI=1S/C14H17N3/c1-10-4-5-13(11(2)8-10)17(3)12-6-7-16-14(15)9-12/h4-9H,1-3H3,(H2,15,16). The highest BCUT2D eigenvalue weighted by atomic mass is 15.1. The molecule has 0 saturated heterocycles. The quantitative estimate of drug-likeness (QED) is 0.857. The first kappa shape index (κ1) is 11.5. The molecule has 0 amide bonds. The lowest BCUT2D eigenvalue weighted by molar-refractivity contribution is 1.17. The van der Waals surface area contributed by atoms with E-state index in [0.29, 0.717) is 5.82 Å². The van der Waals surface area contributed by atoms with E-state index in [9.17, 15) is 0 Å². The zero-order valence-corrected chi connectivity index (χ0v) is 10.4. The Morgan fingerprint density at radius 1 is 1.12 bits per heavy atom. The van der Waals surface area contributed by atoms with Gasteiger partial charge in [0.15, 0.2) is 0 Å². The fourth-order valence-electron chi connectivity index (χ4n) is 1.97. The first-order valence-electron chi connectivity index (χ1n) is 5.60. The van der Waals surface area contributed by atoms with E-state index in [1.165, 1.54) is 16.8 Å². The van der Waals surface area contributed by atoms with E-state index in [2.05, 4.69) is 41.9 Å². The third-order valence-corrected chi connectivity index (χ3v) is 2.87. The third kappa shape index (κ3) is 2.38. The molecule has 1 aromatic carbocycles. The smallest absolute Gasteiger partial charge is 0.125 e. The van der Waals surface area contributed by atoms with Gasteiger partial charge in [0.1, 0.15) is 5.82 Å². The number of hydrogen-bond donors (Lipinski definition) is 1. The Bertz CT molecular complexity index is 535. The lowest BCUT2D eigenvalue weighted by atomic mass is 10.1. The molecule has 0 fully saturated rings. The second-order valence-corrected chi connectivity index (χ2v) is 4.29. The molecule has 0 atom stereocenters. The Kier molecular flexibility index (Phi) is 3.00. The molecule has 0 aliphatic heterocycles. The van der Waals surface area contributed by atoms with E-state index in [1.807, 2.05) is 19.2 Å². The van der Waals surface area contributed by atoms with Gasteiger partial charge in [-0.25, -0.2) is 4.98 Å². The summed E-state index contributed by atoms with van der Waals surface area (Å²) in [6.45, 7) is 4.21. The van der Waals surface area contributed by atoms with Crippen LogP contribution in [-0.4, -0.2) is 12.0 Å². The summed E-state index contributed by atoms with van der Waals surface area (Å²) in [7, 11) is 2.03. The zero-order valence-electron chi connectivity index (χ0n) is 10.4. The molecule has 17 heavy (non-hydrogen) atoms. The van der Waals surface area contributed by atoms with Crippen LogP contribution < -0.4 is 10.6 Å². The van der Waals surface area contributed by atoms with Crippen molar-refractivity contribution in [2.75, 3.05) is 17.7 Å². The average Bonchev–Trinajstić information content (AvgIpc) is 2.28. The Labute approximate surface area is 102 Å². The lowest BCUT2D eigenvalue weighted by Gasteiger charge is -2.22. The first-order chi connectivity index (χ1) is 8.08. The van der Waals surface area contributed by atoms with Gasteiger partial charge in [0.25, 0.3) is 0 Å². The Morgan fingerprint density at radius 3 is 2.53 bits per heavy atom. The molecule has 0 aliphatic carbocycles. The number of rotatable bonds is 2. The number of pyridine rings is 1. The summed E-state index contributed by atoms with van der Waals surface area (Å²) in [6.07, 6.45) is 1.73. The summed E-state index contributed by atoms with van der Waals surface area (Å²) in [5.74, 6) is 0.541. The van der Waals surface area contributed by atoms with E-state index in [-0.39, 0.29) is 0 Å². The van der Waals surface area contributed by atoms with Gasteiger partial charge in [0.2, 0.25) is 0 Å². The fourth-order valence-corrected chi connectivity index (χ4v) is 1.97. The van der Waals surface area contributed by atoms with Gasteiger partial charge in [0.05, 0.1) is 0 Å². The van der Waals surface area contributed by atoms with Gasteiger partial charge in [-0.05, 0) is 31.5 Å². The second-order valence-electron chi connectivity index (χ2n) is 4.29. The molecule has 3 nitrogen and oxygen atoms in total. The molecular formula is C14H17N3. The molecule has 0 saturated carbocycles. The predicted molar refractivity (Wildman–Crippen MR) is 72.6 cm³/mol. The highest BCUT2D eigenvalue weighted by Gasteiger charge is 2.07. The summed E-state index contributed by atoms with van der Waals surface area (Å²) in [6, 6.07) is 10.2. The average molecular weight is 227 g/mol. The maximum Gasteiger partial charge on any atom is 0.125 e. The molecule has 0 spiro atoms. The van der Waals surface area contributed by atoms with Crippen LogP contribution in [0.15, 0.2) is 36.5 Å². The van der Waals surface area contributed by atoms with E-state index in [1.54, 1.807) is 6.20 Å². The van der Waals surface area contributed by atoms with E-state index in [4.69, 9.17) is 5.73 Å². The molecule has 1 aromatic heterocycles. The molecule has 1 heterocycles. The molecule has 0 bridgehead atoms. The third-order valence-electron chi connectivity index (χ3n) is 2.87. The molecule has 2 N–H and O–H groups in total. The maximum atomic E-state index is 5.70. The largest absolute Gasteiger partial charge is 0.384 e. The number of nitrogen functional groups attached to an aromatic ring is 1. The Morgan fingerprint density at radius 2 is 1.88 bits per heavy atom. The summed E-state index contributed by atoms with van der Waals surface area (Å²) < 4.78 is 0. The summed E-state index contributed by atoms with van der Waals surface area (Å²) in [5, 5.41) is 0. The van der Waals surface area contributed by atoms with Gasteiger partial charge in [0, 0.05) is 30.7 Å². The molecule has 0 radical (unpaired) electrons. The van der Waals surface area contributed by atoms with Crippen LogP contribution in [0, 0.1) is 13.8 Å². The van der Waals surface area contributed by atoms with Crippen LogP contribution in [0.5, 0.6) is 0 Å². The zero-order chi connectivity index (χ0) is 12.4. The number of aromatic nitrogens is 1. The minimum Gasteiger partial charge on any atom is -0.384 e. The highest BCUT2D eigenvalue weighted by molar-refractivity contribution is 5.67. The van der Waals surface area contributed by atoms with Gasteiger partial charge in [-0.2, -0.15) is 0 Å². The van der Waals surface area contributed by atoms with Gasteiger partial charge in [-0.3, -0.25) is 0 Å². The number of hydrogen-bond acceptors (Lipinski definition) is 3. The van der Waals surface area contributed by atoms with Crippen LogP contribution in [0.1, 0.15) is 11.1 Å². The van der Waals surface area contributed by atoms with Crippen LogP contribution >= 0.6 is 0 Å². The molecule has 0 aliphatic rings. The molecule has 3 heteroatoms. The summed E-state index contributed by atoms with van der Waals surface area (Å²) in [4.78, 5) is 6.12. The van der Waals surface area contributed by atoms with Crippen molar-refractivity contribution in [2.24, 2.45) is 0 Å². The number of aryl methyl sites for hydroxylation is 2. The van der Waals surface area contributed by atoms with Gasteiger partial charge < -0.3 is 10.6 Å². The van der Waals surface area contributed by atoms with Crippen LogP contribution in [0.25, 0.3) is 0 Å². The molecular weight excluding hydrogens is 210 g/mol. The van der Waals surface area contributed by atoms with Crippen LogP contribution in [0.4, 0.5) is 17.2 Å². The summed E-state index contributed by atoms with van der Waals surface area (Å²) in [5.41, 5.74) is 10.5. The molecule has 0 unspecified atom stereocenters. The fraction of sp³-hybridized carbons (Fsp3) is 0.214. The van der Waals surface area contributed by atoms with E-state index >= 15 is 0 Å². The number of anilines is 3. The Balaban J connectivity index is 2.40. The van der Waals surface area contributed by atoms with Crippen molar-refractivity contribution < 1.29 is 0 Å². The summed E-state index contributed by atoms with van der Waals surface area (Å²) >= 11 is 0. The van der Waals surface area contributed by atoms with Gasteiger partial charge in [-0.1, -0.05) is 17.7 Å². The van der Waals surface area contributed by atoms with E-state index in [0.717, 1.165) is 5.69 Å².